The molecule has 2 N–H and O–H groups in total. The molecule has 2 aromatic carbocycles. The van der Waals surface area contributed by atoms with Crippen LogP contribution in [0.5, 0.6) is 0 Å². The Kier molecular flexibility index (Phi) is 5.67. The van der Waals surface area contributed by atoms with Crippen molar-refractivity contribution in [3.63, 3.8) is 0 Å². The summed E-state index contributed by atoms with van der Waals surface area (Å²) in [6.45, 7) is 0.742. The molecule has 0 aromatic heterocycles. The number of hydrogen-bond donors (Lipinski definition) is 2. The molecule has 0 aliphatic carbocycles. The van der Waals surface area contributed by atoms with E-state index in [1.807, 2.05) is 67.5 Å². The zero-order valence-electron chi connectivity index (χ0n) is 12.8. The maximum Gasteiger partial charge on any atom is 0.239 e. The van der Waals surface area contributed by atoms with Crippen LogP contribution in [0.4, 0.5) is 11.4 Å². The molecule has 0 aliphatic rings. The standard InChI is InChI=1S/C17H20ClN3O/c1-21(2)16-9-7-15(8-10-16)19-12-17(22)20-11-13-3-5-14(18)6-4-13/h3-10,19H,11-12H2,1-2H3,(H,20,22). The number of carbonyl (C=O) groups is 1. The number of halogens is 1. The Morgan fingerprint density at radius 2 is 1.68 bits per heavy atom. The Balaban J connectivity index is 1.76. The van der Waals surface area contributed by atoms with Gasteiger partial charge in [0, 0.05) is 37.0 Å². The molecule has 4 nitrogen and oxygen atoms in total. The molecular formula is C17H20ClN3O. The van der Waals surface area contributed by atoms with Crippen molar-refractivity contribution in [1.29, 1.82) is 0 Å². The Morgan fingerprint density at radius 1 is 1.05 bits per heavy atom. The van der Waals surface area contributed by atoms with E-state index in [-0.39, 0.29) is 12.5 Å². The van der Waals surface area contributed by atoms with E-state index in [4.69, 9.17) is 11.6 Å². The molecule has 2 aromatic rings. The number of benzene rings is 2. The van der Waals surface area contributed by atoms with Crippen molar-refractivity contribution < 1.29 is 4.79 Å². The van der Waals surface area contributed by atoms with Crippen LogP contribution in [0.15, 0.2) is 48.5 Å². The molecule has 116 valence electrons. The molecule has 5 heteroatoms. The predicted octanol–water partition coefficient (Wildman–Crippen LogP) is 3.13. The fourth-order valence-corrected chi connectivity index (χ4v) is 2.05. The first-order chi connectivity index (χ1) is 10.5. The molecule has 0 saturated carbocycles. The summed E-state index contributed by atoms with van der Waals surface area (Å²) in [5.41, 5.74) is 3.07. The highest BCUT2D eigenvalue weighted by atomic mass is 35.5. The van der Waals surface area contributed by atoms with Gasteiger partial charge in [-0.25, -0.2) is 0 Å². The van der Waals surface area contributed by atoms with Crippen molar-refractivity contribution >= 4 is 28.9 Å². The van der Waals surface area contributed by atoms with E-state index in [9.17, 15) is 4.79 Å². The molecule has 0 atom stereocenters. The molecule has 0 fully saturated rings. The van der Waals surface area contributed by atoms with Crippen molar-refractivity contribution in [2.24, 2.45) is 0 Å². The van der Waals surface area contributed by atoms with Crippen LogP contribution in [0.3, 0.4) is 0 Å². The first kappa shape index (κ1) is 16.2. The summed E-state index contributed by atoms with van der Waals surface area (Å²) < 4.78 is 0. The van der Waals surface area contributed by atoms with E-state index in [1.54, 1.807) is 0 Å². The second-order valence-corrected chi connectivity index (χ2v) is 5.63. The Morgan fingerprint density at radius 3 is 2.27 bits per heavy atom. The van der Waals surface area contributed by atoms with Gasteiger partial charge >= 0.3 is 0 Å². The van der Waals surface area contributed by atoms with E-state index < -0.39 is 0 Å². The highest BCUT2D eigenvalue weighted by Gasteiger charge is 2.02. The Hall–Kier alpha value is -2.20. The number of anilines is 2. The zero-order valence-corrected chi connectivity index (χ0v) is 13.5. The van der Waals surface area contributed by atoms with Crippen LogP contribution in [0.2, 0.25) is 5.02 Å². The second kappa shape index (κ2) is 7.71. The van der Waals surface area contributed by atoms with Gasteiger partial charge in [0.25, 0.3) is 0 Å². The quantitative estimate of drug-likeness (QED) is 0.860. The number of nitrogens with one attached hydrogen (secondary N) is 2. The van der Waals surface area contributed by atoms with Gasteiger partial charge in [-0.05, 0) is 42.0 Å². The Labute approximate surface area is 136 Å². The van der Waals surface area contributed by atoms with Crippen molar-refractivity contribution in [2.45, 2.75) is 6.54 Å². The second-order valence-electron chi connectivity index (χ2n) is 5.20. The molecule has 0 radical (unpaired) electrons. The summed E-state index contributed by atoms with van der Waals surface area (Å²) in [7, 11) is 3.99. The van der Waals surface area contributed by atoms with E-state index >= 15 is 0 Å². The monoisotopic (exact) mass is 317 g/mol. The first-order valence-electron chi connectivity index (χ1n) is 7.07. The first-order valence-corrected chi connectivity index (χ1v) is 7.45. The zero-order chi connectivity index (χ0) is 15.9. The molecule has 1 amide bonds. The van der Waals surface area contributed by atoms with Crippen molar-refractivity contribution in [3.05, 3.63) is 59.1 Å². The molecule has 0 spiro atoms. The Bertz CT molecular complexity index is 609. The molecule has 0 heterocycles. The largest absolute Gasteiger partial charge is 0.378 e. The summed E-state index contributed by atoms with van der Waals surface area (Å²) in [6, 6.07) is 15.4. The van der Waals surface area contributed by atoms with Crippen LogP contribution >= 0.6 is 11.6 Å². The molecule has 0 saturated heterocycles. The number of nitrogens with zero attached hydrogens (tertiary/aromatic N) is 1. The van der Waals surface area contributed by atoms with Gasteiger partial charge in [0.2, 0.25) is 5.91 Å². The van der Waals surface area contributed by atoms with Gasteiger partial charge in [0.1, 0.15) is 0 Å². The molecule has 22 heavy (non-hydrogen) atoms. The highest BCUT2D eigenvalue weighted by molar-refractivity contribution is 6.30. The van der Waals surface area contributed by atoms with Gasteiger partial charge in [-0.1, -0.05) is 23.7 Å². The molecule has 0 unspecified atom stereocenters. The van der Waals surface area contributed by atoms with Crippen LogP contribution in [-0.2, 0) is 11.3 Å². The lowest BCUT2D eigenvalue weighted by Crippen LogP contribution is -2.29. The average molecular weight is 318 g/mol. The predicted molar refractivity (Wildman–Crippen MR) is 92.6 cm³/mol. The lowest BCUT2D eigenvalue weighted by molar-refractivity contribution is -0.119. The van der Waals surface area contributed by atoms with Crippen LogP contribution < -0.4 is 15.5 Å². The van der Waals surface area contributed by atoms with Gasteiger partial charge in [-0.2, -0.15) is 0 Å². The third-order valence-corrected chi connectivity index (χ3v) is 3.49. The summed E-state index contributed by atoms with van der Waals surface area (Å²) in [6.07, 6.45) is 0. The van der Waals surface area contributed by atoms with Crippen LogP contribution in [0.1, 0.15) is 5.56 Å². The van der Waals surface area contributed by atoms with Crippen molar-refractivity contribution in [1.82, 2.24) is 5.32 Å². The lowest BCUT2D eigenvalue weighted by Gasteiger charge is -2.13. The minimum absolute atomic E-state index is 0.0494. The highest BCUT2D eigenvalue weighted by Crippen LogP contribution is 2.15. The summed E-state index contributed by atoms with van der Waals surface area (Å²) >= 11 is 5.82. The number of carbonyl (C=O) groups excluding carboxylic acids is 1. The lowest BCUT2D eigenvalue weighted by atomic mass is 10.2. The maximum atomic E-state index is 11.8. The fourth-order valence-electron chi connectivity index (χ4n) is 1.93. The van der Waals surface area contributed by atoms with Crippen LogP contribution in [0, 0.1) is 0 Å². The van der Waals surface area contributed by atoms with E-state index in [0.717, 1.165) is 16.9 Å². The molecule has 0 aliphatic heterocycles. The van der Waals surface area contributed by atoms with Gasteiger partial charge in [-0.15, -0.1) is 0 Å². The van der Waals surface area contributed by atoms with Crippen LogP contribution in [-0.4, -0.2) is 26.5 Å². The maximum absolute atomic E-state index is 11.8. The smallest absolute Gasteiger partial charge is 0.239 e. The van der Waals surface area contributed by atoms with Crippen molar-refractivity contribution in [2.75, 3.05) is 30.9 Å². The topological polar surface area (TPSA) is 44.4 Å². The van der Waals surface area contributed by atoms with E-state index in [1.165, 1.54) is 0 Å². The van der Waals surface area contributed by atoms with E-state index in [0.29, 0.717) is 11.6 Å². The van der Waals surface area contributed by atoms with E-state index in [2.05, 4.69) is 10.6 Å². The van der Waals surface area contributed by atoms with Crippen molar-refractivity contribution in [3.8, 4) is 0 Å². The average Bonchev–Trinajstić information content (AvgIpc) is 2.52. The van der Waals surface area contributed by atoms with Gasteiger partial charge in [-0.3, -0.25) is 4.79 Å². The molecule has 2 rings (SSSR count). The van der Waals surface area contributed by atoms with Gasteiger partial charge in [0.05, 0.1) is 6.54 Å². The SMILES string of the molecule is CN(C)c1ccc(NCC(=O)NCc2ccc(Cl)cc2)cc1. The minimum Gasteiger partial charge on any atom is -0.378 e. The summed E-state index contributed by atoms with van der Waals surface area (Å²) in [4.78, 5) is 13.9. The normalized spacial score (nSPS) is 10.1. The van der Waals surface area contributed by atoms with Crippen LogP contribution in [0.25, 0.3) is 0 Å². The number of hydrogen-bond acceptors (Lipinski definition) is 3. The number of rotatable bonds is 6. The van der Waals surface area contributed by atoms with Gasteiger partial charge < -0.3 is 15.5 Å². The summed E-state index contributed by atoms with van der Waals surface area (Å²) in [5, 5.41) is 6.66. The molecular weight excluding hydrogens is 298 g/mol. The minimum atomic E-state index is -0.0494. The third kappa shape index (κ3) is 4.97. The number of amides is 1. The third-order valence-electron chi connectivity index (χ3n) is 3.24. The summed E-state index contributed by atoms with van der Waals surface area (Å²) in [5.74, 6) is -0.0494. The van der Waals surface area contributed by atoms with Gasteiger partial charge in [0.15, 0.2) is 0 Å². The fraction of sp³-hybridized carbons (Fsp3) is 0.235. The molecule has 0 bridgehead atoms.